The summed E-state index contributed by atoms with van der Waals surface area (Å²) < 4.78 is 28.0. The number of aliphatic hydroxyl groups excluding tert-OH is 3. The largest absolute Gasteiger partial charge is 0.505 e. The van der Waals surface area contributed by atoms with Crippen molar-refractivity contribution in [2.24, 2.45) is 23.7 Å². The first-order valence-corrected chi connectivity index (χ1v) is 18.7. The zero-order chi connectivity index (χ0) is 43.7. The quantitative estimate of drug-likeness (QED) is 0.145. The fourth-order valence-corrected chi connectivity index (χ4v) is 7.67. The van der Waals surface area contributed by atoms with E-state index in [-0.39, 0.29) is 61.9 Å². The molecule has 1 aromatic carbocycles. The van der Waals surface area contributed by atoms with Gasteiger partial charge in [0.1, 0.15) is 34.9 Å². The molecule has 3 aliphatic heterocycles. The Hall–Kier alpha value is -5.29. The molecule has 9 unspecified atom stereocenters. The van der Waals surface area contributed by atoms with Crippen LogP contribution in [0, 0.1) is 30.6 Å². The fourth-order valence-electron chi connectivity index (χ4n) is 7.67. The molecule has 1 aliphatic carbocycles. The Labute approximate surface area is 336 Å². The number of benzene rings is 1. The minimum absolute atomic E-state index is 0.00899. The third kappa shape index (κ3) is 8.74. The van der Waals surface area contributed by atoms with Crippen LogP contribution in [0.25, 0.3) is 5.57 Å². The summed E-state index contributed by atoms with van der Waals surface area (Å²) in [5, 5.41) is 61.2. The van der Waals surface area contributed by atoms with Crippen LogP contribution in [0.3, 0.4) is 0 Å². The number of phenols is 1. The van der Waals surface area contributed by atoms with Crippen molar-refractivity contribution in [3.05, 3.63) is 69.2 Å². The van der Waals surface area contributed by atoms with E-state index in [1.807, 2.05) is 0 Å². The lowest BCUT2D eigenvalue weighted by Crippen LogP contribution is -2.53. The summed E-state index contributed by atoms with van der Waals surface area (Å²) in [6, 6.07) is 0. The molecule has 5 rings (SSSR count). The molecular formula is C42H53NO15. The summed E-state index contributed by atoms with van der Waals surface area (Å²) in [4.78, 5) is 65.7. The van der Waals surface area contributed by atoms with Crippen molar-refractivity contribution in [2.45, 2.75) is 99.3 Å². The summed E-state index contributed by atoms with van der Waals surface area (Å²) in [6.45, 7) is 13.5. The second-order valence-corrected chi connectivity index (χ2v) is 15.3. The molecule has 1 amide bonds. The third-order valence-corrected chi connectivity index (χ3v) is 10.9. The predicted octanol–water partition coefficient (Wildman–Crippen LogP) is 3.68. The number of hydrogen-bond acceptors (Lipinski definition) is 15. The first-order valence-electron chi connectivity index (χ1n) is 18.7. The van der Waals surface area contributed by atoms with Crippen LogP contribution in [0.5, 0.6) is 11.5 Å². The van der Waals surface area contributed by atoms with Gasteiger partial charge in [0.15, 0.2) is 11.5 Å². The first kappa shape index (κ1) is 45.4. The molecule has 16 heteroatoms. The normalized spacial score (nSPS) is 32.1. The molecule has 0 spiro atoms. The Bertz CT molecular complexity index is 2040. The smallest absolute Gasteiger partial charge is 0.313 e. The van der Waals surface area contributed by atoms with Gasteiger partial charge in [0.2, 0.25) is 6.79 Å². The molecule has 3 heterocycles. The molecule has 4 aliphatic rings. The predicted molar refractivity (Wildman–Crippen MR) is 208 cm³/mol. The van der Waals surface area contributed by atoms with Crippen LogP contribution in [-0.4, -0.2) is 99.1 Å². The number of aromatic hydroxyl groups is 1. The van der Waals surface area contributed by atoms with Crippen LogP contribution >= 0.6 is 0 Å². The number of Topliss-reactive ketones (excluding diaryl/α,β-unsaturated/α-hetero) is 1. The summed E-state index contributed by atoms with van der Waals surface area (Å²) in [5.41, 5.74) is -2.47. The standard InChI is InChI=1S/C42H53NO15/c1-17-13-12-14-18(2)40(51)43-30-20(4)38(58-25(9)45)26-27(34(30)49)31(46)22(6)37-28(26)36(55-16-56-37)19(3)15-42(10,53)39(50)23(7)33(48)29(41(52)54-11)32(47)21(5)35(17)57-24(8)44/h12-15,17,21,23,29,32-33,35,39,47-50,53H,16H2,1-11H3,(H,43,51)/b13-12-,18-14+,19-15+. The van der Waals surface area contributed by atoms with E-state index in [9.17, 15) is 49.5 Å². The number of fused-ring (bicyclic) bond motifs is 14. The van der Waals surface area contributed by atoms with Crippen molar-refractivity contribution < 1.29 is 73.2 Å². The van der Waals surface area contributed by atoms with E-state index in [0.717, 1.165) is 21.0 Å². The Balaban J connectivity index is 2.08. The number of carbonyl (C=O) groups is 5. The minimum Gasteiger partial charge on any atom is -0.505 e. The molecule has 0 fully saturated rings. The Morgan fingerprint density at radius 1 is 0.897 bits per heavy atom. The van der Waals surface area contributed by atoms with Gasteiger partial charge in [-0.05, 0) is 46.3 Å². The lowest BCUT2D eigenvalue weighted by molar-refractivity contribution is -0.171. The van der Waals surface area contributed by atoms with Crippen LogP contribution in [0.4, 0.5) is 5.69 Å². The molecule has 6 N–H and O–H groups in total. The van der Waals surface area contributed by atoms with Gasteiger partial charge in [-0.2, -0.15) is 0 Å². The van der Waals surface area contributed by atoms with Crippen LogP contribution < -0.4 is 10.1 Å². The van der Waals surface area contributed by atoms with Gasteiger partial charge in [-0.15, -0.1) is 0 Å². The number of amides is 1. The van der Waals surface area contributed by atoms with Gasteiger partial charge in [0.25, 0.3) is 5.91 Å². The van der Waals surface area contributed by atoms with Gasteiger partial charge in [0.05, 0.1) is 42.2 Å². The molecule has 58 heavy (non-hydrogen) atoms. The minimum atomic E-state index is -2.20. The molecule has 9 atom stereocenters. The Morgan fingerprint density at radius 3 is 2.09 bits per heavy atom. The number of rotatable bonds is 3. The van der Waals surface area contributed by atoms with E-state index >= 15 is 0 Å². The van der Waals surface area contributed by atoms with Gasteiger partial charge < -0.3 is 54.5 Å². The molecule has 316 valence electrons. The monoisotopic (exact) mass is 811 g/mol. The molecule has 0 saturated heterocycles. The van der Waals surface area contributed by atoms with Crippen LogP contribution in [-0.2, 0) is 38.1 Å². The number of aliphatic hydroxyl groups is 4. The summed E-state index contributed by atoms with van der Waals surface area (Å²) in [6.07, 6.45) is -0.755. The van der Waals surface area contributed by atoms with Crippen molar-refractivity contribution in [3.63, 3.8) is 0 Å². The molecule has 16 nitrogen and oxygen atoms in total. The zero-order valence-electron chi connectivity index (χ0n) is 34.5. The van der Waals surface area contributed by atoms with Gasteiger partial charge in [0, 0.05) is 53.9 Å². The molecule has 4 bridgehead atoms. The molecule has 0 aromatic heterocycles. The van der Waals surface area contributed by atoms with E-state index in [4.69, 9.17) is 23.7 Å². The van der Waals surface area contributed by atoms with Gasteiger partial charge in [-0.3, -0.25) is 24.0 Å². The van der Waals surface area contributed by atoms with Crippen molar-refractivity contribution in [1.29, 1.82) is 0 Å². The van der Waals surface area contributed by atoms with Crippen molar-refractivity contribution in [1.82, 2.24) is 0 Å². The molecule has 0 radical (unpaired) electrons. The van der Waals surface area contributed by atoms with Crippen LogP contribution in [0.15, 0.2) is 52.5 Å². The Kier molecular flexibility index (Phi) is 13.8. The second kappa shape index (κ2) is 17.7. The van der Waals surface area contributed by atoms with Crippen molar-refractivity contribution in [3.8, 4) is 11.5 Å². The number of nitrogens with one attached hydrogen (secondary N) is 1. The number of esters is 3. The Morgan fingerprint density at radius 2 is 1.50 bits per heavy atom. The second-order valence-electron chi connectivity index (χ2n) is 15.3. The summed E-state index contributed by atoms with van der Waals surface area (Å²) in [7, 11) is 1.05. The first-order chi connectivity index (χ1) is 27.0. The average molecular weight is 812 g/mol. The van der Waals surface area contributed by atoms with Gasteiger partial charge in [-0.1, -0.05) is 39.0 Å². The third-order valence-electron chi connectivity index (χ3n) is 10.9. The van der Waals surface area contributed by atoms with Crippen LogP contribution in [0.1, 0.15) is 83.8 Å². The number of methoxy groups -OCH3 is 1. The highest BCUT2D eigenvalue weighted by atomic mass is 16.7. The van der Waals surface area contributed by atoms with E-state index < -0.39 is 95.8 Å². The number of hydrogen-bond donors (Lipinski definition) is 6. The van der Waals surface area contributed by atoms with E-state index in [1.54, 1.807) is 13.0 Å². The maximum absolute atomic E-state index is 14.0. The zero-order valence-corrected chi connectivity index (χ0v) is 34.5. The highest BCUT2D eigenvalue weighted by Gasteiger charge is 2.48. The maximum Gasteiger partial charge on any atom is 0.313 e. The van der Waals surface area contributed by atoms with E-state index in [0.29, 0.717) is 0 Å². The van der Waals surface area contributed by atoms with E-state index in [2.05, 4.69) is 5.32 Å². The van der Waals surface area contributed by atoms with Crippen molar-refractivity contribution in [2.75, 3.05) is 19.2 Å². The summed E-state index contributed by atoms with van der Waals surface area (Å²) >= 11 is 0. The number of ether oxygens (including phenoxy) is 5. The number of carbonyl (C=O) groups excluding carboxylic acids is 5. The van der Waals surface area contributed by atoms with E-state index in [1.165, 1.54) is 66.7 Å². The lowest BCUT2D eigenvalue weighted by atomic mass is 9.75. The van der Waals surface area contributed by atoms with Gasteiger partial charge >= 0.3 is 17.9 Å². The average Bonchev–Trinajstić information content (AvgIpc) is 3.16. The summed E-state index contributed by atoms with van der Waals surface area (Å²) in [5.74, 6) is -9.54. The lowest BCUT2D eigenvalue weighted by Gasteiger charge is -2.39. The number of phenolic OH excluding ortho intramolecular Hbond substituents is 1. The number of ketones is 1. The van der Waals surface area contributed by atoms with Crippen molar-refractivity contribution >= 4 is 40.9 Å². The topological polar surface area (TPSA) is 245 Å². The van der Waals surface area contributed by atoms with Gasteiger partial charge in [-0.25, -0.2) is 0 Å². The maximum atomic E-state index is 14.0. The molecule has 1 aromatic rings. The fraction of sp³-hybridized carbons (Fsp3) is 0.500. The highest BCUT2D eigenvalue weighted by molar-refractivity contribution is 6.21. The SMILES string of the molecule is COC(=O)C1C(O)C(C)C(OC(C)=O)C(C)/C=C\C=C(/C)C(=O)Nc2c(C)c(OC(C)=O)c3c(c2O)C(=O)C(C)=C2OCOC(=C23)/C(C)=C/C(C)(O)C(O)C(C)C1O. The number of allylic oxidation sites excluding steroid dienone is 5. The molecule has 0 saturated carbocycles. The highest BCUT2D eigenvalue weighted by Crippen LogP contribution is 2.53. The number of anilines is 1. The molecular weight excluding hydrogens is 758 g/mol. The van der Waals surface area contributed by atoms with Crippen LogP contribution in [0.2, 0.25) is 0 Å².